The van der Waals surface area contributed by atoms with Gasteiger partial charge >= 0.3 is 6.03 Å². The van der Waals surface area contributed by atoms with Crippen molar-refractivity contribution in [3.05, 3.63) is 0 Å². The summed E-state index contributed by atoms with van der Waals surface area (Å²) in [5.74, 6) is 0. The topological polar surface area (TPSA) is 128 Å². The van der Waals surface area contributed by atoms with Crippen LogP contribution in [0.4, 0.5) is 4.79 Å². The van der Waals surface area contributed by atoms with Crippen LogP contribution in [0.3, 0.4) is 0 Å². The van der Waals surface area contributed by atoms with Crippen molar-refractivity contribution in [3.63, 3.8) is 0 Å². The van der Waals surface area contributed by atoms with Crippen LogP contribution in [0.15, 0.2) is 0 Å². The van der Waals surface area contributed by atoms with Gasteiger partial charge in [-0.3, -0.25) is 0 Å². The van der Waals surface area contributed by atoms with Crippen molar-refractivity contribution in [2.75, 3.05) is 19.6 Å². The van der Waals surface area contributed by atoms with Gasteiger partial charge in [-0.25, -0.2) is 4.79 Å². The fourth-order valence-corrected chi connectivity index (χ4v) is 2.40. The number of nitrogens with two attached hydrogens (primary N) is 1. The van der Waals surface area contributed by atoms with E-state index in [1.165, 1.54) is 4.90 Å². The van der Waals surface area contributed by atoms with Gasteiger partial charge in [-0.2, -0.15) is 0 Å². The molecule has 104 valence electrons. The average Bonchev–Trinajstić information content (AvgIpc) is 2.36. The first-order valence-electron chi connectivity index (χ1n) is 6.00. The second kappa shape index (κ2) is 5.37. The van der Waals surface area contributed by atoms with Crippen LogP contribution in [-0.4, -0.2) is 76.5 Å². The normalized spacial score (nSPS) is 41.7. The molecule has 0 saturated carbocycles. The van der Waals surface area contributed by atoms with E-state index in [9.17, 15) is 20.1 Å². The molecule has 0 aromatic heterocycles. The average molecular weight is 261 g/mol. The van der Waals surface area contributed by atoms with Gasteiger partial charge < -0.3 is 36.0 Å². The minimum atomic E-state index is -1.36. The molecule has 2 saturated heterocycles. The molecule has 0 radical (unpaired) electrons. The first kappa shape index (κ1) is 13.5. The van der Waals surface area contributed by atoms with E-state index in [-0.39, 0.29) is 12.6 Å². The monoisotopic (exact) mass is 261 g/mol. The predicted molar refractivity (Wildman–Crippen MR) is 60.5 cm³/mol. The fourth-order valence-electron chi connectivity index (χ4n) is 2.40. The van der Waals surface area contributed by atoms with Gasteiger partial charge in [0.1, 0.15) is 24.4 Å². The van der Waals surface area contributed by atoms with Gasteiger partial charge in [0.2, 0.25) is 0 Å². The molecule has 2 aliphatic rings. The summed E-state index contributed by atoms with van der Waals surface area (Å²) in [7, 11) is 0. The van der Waals surface area contributed by atoms with Crippen LogP contribution in [0.1, 0.15) is 6.42 Å². The van der Waals surface area contributed by atoms with Gasteiger partial charge in [0.05, 0.1) is 0 Å². The third-order valence-electron chi connectivity index (χ3n) is 3.39. The zero-order valence-corrected chi connectivity index (χ0v) is 9.90. The Labute approximate surface area is 104 Å². The van der Waals surface area contributed by atoms with Gasteiger partial charge in [0.15, 0.2) is 6.29 Å². The lowest BCUT2D eigenvalue weighted by Crippen LogP contribution is -2.67. The van der Waals surface area contributed by atoms with Gasteiger partial charge in [0, 0.05) is 19.6 Å². The second-order valence-corrected chi connectivity index (χ2v) is 4.55. The quantitative estimate of drug-likeness (QED) is 0.364. The second-order valence-electron chi connectivity index (χ2n) is 4.55. The molecule has 0 aliphatic carbocycles. The molecule has 2 aliphatic heterocycles. The zero-order valence-electron chi connectivity index (χ0n) is 9.90. The molecular weight excluding hydrogens is 242 g/mol. The Hall–Kier alpha value is -0.930. The summed E-state index contributed by atoms with van der Waals surface area (Å²) >= 11 is 0. The summed E-state index contributed by atoms with van der Waals surface area (Å²) in [5.41, 5.74) is 5.37. The van der Waals surface area contributed by atoms with Crippen molar-refractivity contribution < 1.29 is 24.9 Å². The minimum Gasteiger partial charge on any atom is -0.388 e. The SMILES string of the molecule is NCC1OC(O)[C@H](N2CCCNC2=O)[C@@H](O)[C@H]1O. The van der Waals surface area contributed by atoms with E-state index >= 15 is 0 Å². The van der Waals surface area contributed by atoms with Crippen LogP contribution < -0.4 is 11.1 Å². The molecule has 6 N–H and O–H groups in total. The van der Waals surface area contributed by atoms with Gasteiger partial charge in [-0.15, -0.1) is 0 Å². The van der Waals surface area contributed by atoms with Crippen molar-refractivity contribution in [1.82, 2.24) is 10.2 Å². The highest BCUT2D eigenvalue weighted by Gasteiger charge is 2.47. The van der Waals surface area contributed by atoms with E-state index in [1.54, 1.807) is 0 Å². The summed E-state index contributed by atoms with van der Waals surface area (Å²) in [5, 5.41) is 32.3. The lowest BCUT2D eigenvalue weighted by atomic mass is 9.95. The number of hydrogen-bond acceptors (Lipinski definition) is 6. The molecule has 5 atom stereocenters. The molecule has 0 bridgehead atoms. The molecular formula is C10H19N3O5. The minimum absolute atomic E-state index is 0.0196. The number of nitrogens with one attached hydrogen (secondary N) is 1. The predicted octanol–water partition coefficient (Wildman–Crippen LogP) is -2.83. The van der Waals surface area contributed by atoms with Crippen molar-refractivity contribution in [1.29, 1.82) is 0 Å². The number of amides is 2. The van der Waals surface area contributed by atoms with Crippen molar-refractivity contribution >= 4 is 6.03 Å². The molecule has 2 fully saturated rings. The number of carbonyl (C=O) groups excluding carboxylic acids is 1. The number of rotatable bonds is 2. The molecule has 0 spiro atoms. The van der Waals surface area contributed by atoms with E-state index in [4.69, 9.17) is 10.5 Å². The van der Waals surface area contributed by atoms with Crippen LogP contribution in [-0.2, 0) is 4.74 Å². The first-order chi connectivity index (χ1) is 8.56. The number of ether oxygens (including phenoxy) is 1. The Morgan fingerprint density at radius 3 is 2.72 bits per heavy atom. The highest BCUT2D eigenvalue weighted by Crippen LogP contribution is 2.24. The van der Waals surface area contributed by atoms with Gasteiger partial charge in [-0.05, 0) is 6.42 Å². The lowest BCUT2D eigenvalue weighted by molar-refractivity contribution is -0.259. The molecule has 0 aromatic carbocycles. The number of nitrogens with zero attached hydrogens (tertiary/aromatic N) is 1. The van der Waals surface area contributed by atoms with Crippen LogP contribution in [0.25, 0.3) is 0 Å². The van der Waals surface area contributed by atoms with E-state index in [0.717, 1.165) is 0 Å². The summed E-state index contributed by atoms with van der Waals surface area (Å²) < 4.78 is 5.13. The van der Waals surface area contributed by atoms with E-state index in [0.29, 0.717) is 19.5 Å². The number of hydrogen-bond donors (Lipinski definition) is 5. The Kier molecular flexibility index (Phi) is 4.03. The van der Waals surface area contributed by atoms with E-state index < -0.39 is 30.6 Å². The first-order valence-corrected chi connectivity index (χ1v) is 6.00. The summed E-state index contributed by atoms with van der Waals surface area (Å²) in [6, 6.07) is -1.37. The lowest BCUT2D eigenvalue weighted by Gasteiger charge is -2.46. The summed E-state index contributed by atoms with van der Waals surface area (Å²) in [6.45, 7) is 0.936. The Bertz CT molecular complexity index is 316. The van der Waals surface area contributed by atoms with Gasteiger partial charge in [-0.1, -0.05) is 0 Å². The van der Waals surface area contributed by atoms with Crippen LogP contribution >= 0.6 is 0 Å². The summed E-state index contributed by atoms with van der Waals surface area (Å²) in [6.07, 6.45) is -4.00. The molecule has 2 rings (SSSR count). The van der Waals surface area contributed by atoms with Crippen molar-refractivity contribution in [2.45, 2.75) is 37.1 Å². The maximum Gasteiger partial charge on any atom is 0.317 e. The molecule has 0 aromatic rings. The number of aliphatic hydroxyl groups excluding tert-OH is 3. The zero-order chi connectivity index (χ0) is 13.3. The third kappa shape index (κ3) is 2.29. The fraction of sp³-hybridized carbons (Fsp3) is 0.900. The van der Waals surface area contributed by atoms with E-state index in [1.807, 2.05) is 0 Å². The molecule has 2 unspecified atom stereocenters. The number of carbonyl (C=O) groups is 1. The van der Waals surface area contributed by atoms with Crippen molar-refractivity contribution in [3.8, 4) is 0 Å². The number of aliphatic hydroxyl groups is 3. The maximum absolute atomic E-state index is 11.7. The highest BCUT2D eigenvalue weighted by molar-refractivity contribution is 5.75. The highest BCUT2D eigenvalue weighted by atomic mass is 16.6. The largest absolute Gasteiger partial charge is 0.388 e. The third-order valence-corrected chi connectivity index (χ3v) is 3.39. The van der Waals surface area contributed by atoms with Crippen LogP contribution in [0, 0.1) is 0 Å². The Morgan fingerprint density at radius 2 is 2.11 bits per heavy atom. The molecule has 8 nitrogen and oxygen atoms in total. The molecule has 2 heterocycles. The Balaban J connectivity index is 2.13. The smallest absolute Gasteiger partial charge is 0.317 e. The maximum atomic E-state index is 11.7. The van der Waals surface area contributed by atoms with Crippen LogP contribution in [0.2, 0.25) is 0 Å². The Morgan fingerprint density at radius 1 is 1.39 bits per heavy atom. The van der Waals surface area contributed by atoms with Crippen LogP contribution in [0.5, 0.6) is 0 Å². The van der Waals surface area contributed by atoms with Crippen molar-refractivity contribution in [2.24, 2.45) is 5.73 Å². The molecule has 8 heteroatoms. The van der Waals surface area contributed by atoms with E-state index in [2.05, 4.69) is 5.32 Å². The molecule has 2 amide bonds. The molecule has 18 heavy (non-hydrogen) atoms. The standard InChI is InChI=1S/C10H19N3O5/c11-4-5-7(14)8(15)6(9(16)18-5)13-3-1-2-12-10(13)17/h5-9,14-16H,1-4,11H2,(H,12,17)/t5?,6-,7+,8-,9?/m1/s1. The summed E-state index contributed by atoms with van der Waals surface area (Å²) in [4.78, 5) is 13.0. The van der Waals surface area contributed by atoms with Gasteiger partial charge in [0.25, 0.3) is 0 Å². The number of urea groups is 1.